The van der Waals surface area contributed by atoms with Crippen molar-refractivity contribution >= 4 is 35.3 Å². The van der Waals surface area contributed by atoms with Crippen LogP contribution < -0.4 is 21.7 Å². The van der Waals surface area contributed by atoms with Crippen molar-refractivity contribution in [3.63, 3.8) is 0 Å². The average molecular weight is 544 g/mol. The fourth-order valence-corrected chi connectivity index (χ4v) is 3.16. The minimum atomic E-state index is -4.51. The first-order chi connectivity index (χ1) is 18.6. The fraction of sp³-hybridized carbons (Fsp3) is 0.154. The molecule has 0 aliphatic carbocycles. The van der Waals surface area contributed by atoms with Crippen LogP contribution in [0.3, 0.4) is 0 Å². The Morgan fingerprint density at radius 3 is 2.56 bits per heavy atom. The summed E-state index contributed by atoms with van der Waals surface area (Å²) >= 11 is 0. The molecule has 2 aromatic carbocycles. The maximum absolute atomic E-state index is 14.7. The highest BCUT2D eigenvalue weighted by molar-refractivity contribution is 5.99. The molecule has 0 spiro atoms. The second-order valence-corrected chi connectivity index (χ2v) is 7.82. The standard InChI is InChI=1S/C26H25F4N7O2/c1-3-23(38)34-18-8-9-21(27)22(12-18)36-24-20(16-4-6-17(7-5-16)26(28,29)30)15-33-25(37-24)35-19(13-31)14-32-10-11-39-2/h3-9,12-15H,1,10-11,31H2,2H3,(H,34,38)(H2,33,35,36,37)/b19-13+,32-14?. The van der Waals surface area contributed by atoms with Crippen molar-refractivity contribution in [2.24, 2.45) is 10.7 Å². The van der Waals surface area contributed by atoms with Crippen molar-refractivity contribution in [2.75, 3.05) is 36.2 Å². The minimum Gasteiger partial charge on any atom is -0.403 e. The first kappa shape index (κ1) is 28.8. The summed E-state index contributed by atoms with van der Waals surface area (Å²) in [5.41, 5.74) is 5.99. The van der Waals surface area contributed by atoms with Gasteiger partial charge < -0.3 is 26.4 Å². The Bertz CT molecular complexity index is 1370. The SMILES string of the molecule is C=CC(=O)Nc1ccc(F)c(Nc2nc(N/C(C=NCCOC)=C/N)ncc2-c2ccc(C(F)(F)F)cc2)c1. The van der Waals surface area contributed by atoms with Crippen molar-refractivity contribution in [3.8, 4) is 11.1 Å². The van der Waals surface area contributed by atoms with E-state index in [1.165, 1.54) is 42.9 Å². The van der Waals surface area contributed by atoms with Crippen LogP contribution in [0.4, 0.5) is 40.7 Å². The second kappa shape index (κ2) is 13.1. The third-order valence-electron chi connectivity index (χ3n) is 5.07. The van der Waals surface area contributed by atoms with Crippen LogP contribution in [0.5, 0.6) is 0 Å². The molecule has 13 heteroatoms. The van der Waals surface area contributed by atoms with Crippen LogP contribution in [0.1, 0.15) is 5.56 Å². The molecule has 204 valence electrons. The molecule has 1 amide bonds. The lowest BCUT2D eigenvalue weighted by atomic mass is 10.1. The number of aromatic nitrogens is 2. The van der Waals surface area contributed by atoms with Gasteiger partial charge in [-0.25, -0.2) is 9.37 Å². The second-order valence-electron chi connectivity index (χ2n) is 7.82. The van der Waals surface area contributed by atoms with E-state index in [4.69, 9.17) is 10.5 Å². The molecule has 1 aromatic heterocycles. The van der Waals surface area contributed by atoms with Crippen LogP contribution in [-0.4, -0.2) is 42.4 Å². The lowest BCUT2D eigenvalue weighted by molar-refractivity contribution is -0.137. The Morgan fingerprint density at radius 1 is 1.18 bits per heavy atom. The van der Waals surface area contributed by atoms with Gasteiger partial charge in [-0.15, -0.1) is 0 Å². The number of aliphatic imine (C=N–C) groups is 1. The van der Waals surface area contributed by atoms with Crippen molar-refractivity contribution in [2.45, 2.75) is 6.18 Å². The summed E-state index contributed by atoms with van der Waals surface area (Å²) in [6.07, 6.45) is 0.589. The molecule has 0 aliphatic heterocycles. The number of halogens is 4. The molecule has 0 radical (unpaired) electrons. The molecule has 0 unspecified atom stereocenters. The van der Waals surface area contributed by atoms with E-state index in [-0.39, 0.29) is 28.7 Å². The van der Waals surface area contributed by atoms with E-state index >= 15 is 0 Å². The van der Waals surface area contributed by atoms with Gasteiger partial charge >= 0.3 is 6.18 Å². The number of ether oxygens (including phenoxy) is 1. The number of carbonyl (C=O) groups is 1. The van der Waals surface area contributed by atoms with Gasteiger partial charge in [0.1, 0.15) is 11.6 Å². The smallest absolute Gasteiger partial charge is 0.403 e. The van der Waals surface area contributed by atoms with Crippen LogP contribution >= 0.6 is 0 Å². The van der Waals surface area contributed by atoms with Gasteiger partial charge in [-0.2, -0.15) is 18.2 Å². The molecule has 5 N–H and O–H groups in total. The predicted octanol–water partition coefficient (Wildman–Crippen LogP) is 5.10. The first-order valence-electron chi connectivity index (χ1n) is 11.4. The number of benzene rings is 2. The van der Waals surface area contributed by atoms with Crippen LogP contribution in [0.2, 0.25) is 0 Å². The fourth-order valence-electron chi connectivity index (χ4n) is 3.16. The molecule has 0 saturated carbocycles. The molecular formula is C26H25F4N7O2. The number of nitrogens with one attached hydrogen (secondary N) is 3. The zero-order chi connectivity index (χ0) is 28.4. The first-order valence-corrected chi connectivity index (χ1v) is 11.4. The van der Waals surface area contributed by atoms with E-state index in [0.717, 1.165) is 24.3 Å². The van der Waals surface area contributed by atoms with Crippen molar-refractivity contribution < 1.29 is 27.1 Å². The normalized spacial score (nSPS) is 11.9. The highest BCUT2D eigenvalue weighted by atomic mass is 19.4. The van der Waals surface area contributed by atoms with Crippen molar-refractivity contribution in [3.05, 3.63) is 84.6 Å². The third-order valence-corrected chi connectivity index (χ3v) is 5.07. The van der Waals surface area contributed by atoms with Gasteiger partial charge in [-0.1, -0.05) is 18.7 Å². The van der Waals surface area contributed by atoms with Crippen LogP contribution in [0.15, 0.2) is 78.2 Å². The van der Waals surface area contributed by atoms with E-state index in [9.17, 15) is 22.4 Å². The van der Waals surface area contributed by atoms with Gasteiger partial charge in [0.2, 0.25) is 11.9 Å². The van der Waals surface area contributed by atoms with Gasteiger partial charge in [0.05, 0.1) is 30.1 Å². The predicted molar refractivity (Wildman–Crippen MR) is 142 cm³/mol. The van der Waals surface area contributed by atoms with Crippen molar-refractivity contribution in [1.82, 2.24) is 9.97 Å². The van der Waals surface area contributed by atoms with E-state index in [2.05, 4.69) is 37.5 Å². The molecule has 0 atom stereocenters. The lowest BCUT2D eigenvalue weighted by Crippen LogP contribution is -2.10. The topological polar surface area (TPSA) is 127 Å². The van der Waals surface area contributed by atoms with E-state index < -0.39 is 23.5 Å². The summed E-state index contributed by atoms with van der Waals surface area (Å²) in [6.45, 7) is 4.16. The molecule has 0 bridgehead atoms. The molecule has 0 saturated heterocycles. The van der Waals surface area contributed by atoms with Gasteiger partial charge in [0.25, 0.3) is 0 Å². The number of hydrogen-bond donors (Lipinski definition) is 4. The van der Waals surface area contributed by atoms with Gasteiger partial charge in [-0.05, 0) is 42.0 Å². The zero-order valence-electron chi connectivity index (χ0n) is 20.7. The van der Waals surface area contributed by atoms with Crippen LogP contribution in [0.25, 0.3) is 11.1 Å². The molecule has 9 nitrogen and oxygen atoms in total. The average Bonchev–Trinajstić information content (AvgIpc) is 2.92. The zero-order valence-corrected chi connectivity index (χ0v) is 20.7. The highest BCUT2D eigenvalue weighted by Crippen LogP contribution is 2.34. The Labute approximate surface area is 221 Å². The maximum atomic E-state index is 14.7. The largest absolute Gasteiger partial charge is 0.416 e. The lowest BCUT2D eigenvalue weighted by Gasteiger charge is -2.15. The quantitative estimate of drug-likeness (QED) is 0.115. The molecule has 0 fully saturated rings. The van der Waals surface area contributed by atoms with E-state index in [1.54, 1.807) is 7.11 Å². The Morgan fingerprint density at radius 2 is 1.92 bits per heavy atom. The highest BCUT2D eigenvalue weighted by Gasteiger charge is 2.30. The number of anilines is 4. The number of alkyl halides is 3. The Hall–Kier alpha value is -4.78. The van der Waals surface area contributed by atoms with E-state index in [0.29, 0.717) is 24.4 Å². The molecular weight excluding hydrogens is 518 g/mol. The molecule has 39 heavy (non-hydrogen) atoms. The monoisotopic (exact) mass is 543 g/mol. The van der Waals surface area contributed by atoms with Crippen LogP contribution in [-0.2, 0) is 15.7 Å². The van der Waals surface area contributed by atoms with E-state index in [1.807, 2.05) is 0 Å². The molecule has 3 rings (SSSR count). The summed E-state index contributed by atoms with van der Waals surface area (Å²) in [5.74, 6) is -1.07. The summed E-state index contributed by atoms with van der Waals surface area (Å²) in [6, 6.07) is 8.16. The van der Waals surface area contributed by atoms with Gasteiger partial charge in [0.15, 0.2) is 0 Å². The molecule has 0 aliphatic rings. The molecule has 1 heterocycles. The summed E-state index contributed by atoms with van der Waals surface area (Å²) in [7, 11) is 1.54. The number of carbonyl (C=O) groups excluding carboxylic acids is 1. The number of amides is 1. The number of rotatable bonds is 11. The number of allylic oxidation sites excluding steroid dienone is 1. The molecule has 3 aromatic rings. The summed E-state index contributed by atoms with van der Waals surface area (Å²) in [5, 5.41) is 8.24. The van der Waals surface area contributed by atoms with Gasteiger partial charge in [-0.3, -0.25) is 9.79 Å². The minimum absolute atomic E-state index is 0.0413. The Balaban J connectivity index is 2.01. The number of nitrogens with two attached hydrogens (primary N) is 1. The van der Waals surface area contributed by atoms with Crippen LogP contribution in [0, 0.1) is 5.82 Å². The maximum Gasteiger partial charge on any atom is 0.416 e. The third kappa shape index (κ3) is 8.10. The number of methoxy groups -OCH3 is 1. The van der Waals surface area contributed by atoms with Crippen molar-refractivity contribution in [1.29, 1.82) is 0 Å². The Kier molecular flexibility index (Phi) is 9.70. The number of nitrogens with zero attached hydrogens (tertiary/aromatic N) is 3. The van der Waals surface area contributed by atoms with Gasteiger partial charge in [0, 0.05) is 37.0 Å². The summed E-state index contributed by atoms with van der Waals surface area (Å²) in [4.78, 5) is 24.4. The summed E-state index contributed by atoms with van der Waals surface area (Å²) < 4.78 is 58.9. The number of hydrogen-bond acceptors (Lipinski definition) is 8.